The summed E-state index contributed by atoms with van der Waals surface area (Å²) in [5.41, 5.74) is 1.34. The molecule has 7 nitrogen and oxygen atoms in total. The van der Waals surface area contributed by atoms with Crippen LogP contribution in [0.2, 0.25) is 0 Å². The van der Waals surface area contributed by atoms with E-state index in [1.165, 1.54) is 30.3 Å². The van der Waals surface area contributed by atoms with Crippen molar-refractivity contribution < 1.29 is 27.5 Å². The van der Waals surface area contributed by atoms with Crippen molar-refractivity contribution in [1.82, 2.24) is 0 Å². The number of benzene rings is 2. The molecule has 2 aromatic carbocycles. The molecule has 0 aliphatic rings. The van der Waals surface area contributed by atoms with E-state index in [1.807, 2.05) is 6.92 Å². The molecule has 0 saturated heterocycles. The fraction of sp³-hybridized carbons (Fsp3) is 0.238. The number of hydrogen-bond donors (Lipinski definition) is 1. The summed E-state index contributed by atoms with van der Waals surface area (Å²) < 4.78 is 34.0. The molecule has 0 unspecified atom stereocenters. The molecule has 1 heterocycles. The summed E-state index contributed by atoms with van der Waals surface area (Å²) in [4.78, 5) is 24.4. The molecule has 0 aliphatic carbocycles. The van der Waals surface area contributed by atoms with E-state index in [1.54, 1.807) is 13.0 Å². The monoisotopic (exact) mass is 416 g/mol. The van der Waals surface area contributed by atoms with Gasteiger partial charge >= 0.3 is 11.6 Å². The second-order valence-electron chi connectivity index (χ2n) is 6.75. The van der Waals surface area contributed by atoms with Crippen molar-refractivity contribution in [2.75, 3.05) is 6.26 Å². The van der Waals surface area contributed by atoms with Crippen LogP contribution in [0.3, 0.4) is 0 Å². The molecule has 0 radical (unpaired) electrons. The summed E-state index contributed by atoms with van der Waals surface area (Å²) in [6.45, 7) is 3.33. The first-order valence-electron chi connectivity index (χ1n) is 8.86. The van der Waals surface area contributed by atoms with Crippen molar-refractivity contribution in [3.8, 4) is 5.75 Å². The summed E-state index contributed by atoms with van der Waals surface area (Å²) in [5.74, 6) is -0.686. The van der Waals surface area contributed by atoms with Gasteiger partial charge in [-0.15, -0.1) is 0 Å². The number of aromatic hydroxyl groups is 1. The normalized spacial score (nSPS) is 11.6. The Morgan fingerprint density at radius 2 is 1.86 bits per heavy atom. The highest BCUT2D eigenvalue weighted by Crippen LogP contribution is 2.27. The number of fused-ring (bicyclic) bond motifs is 1. The lowest BCUT2D eigenvalue weighted by Crippen LogP contribution is -2.10. The Balaban J connectivity index is 1.95. The first-order valence-corrected chi connectivity index (χ1v) is 10.8. The van der Waals surface area contributed by atoms with Crippen molar-refractivity contribution in [3.05, 3.63) is 69.1 Å². The number of esters is 1. The molecule has 3 rings (SSSR count). The van der Waals surface area contributed by atoms with Crippen molar-refractivity contribution in [2.24, 2.45) is 0 Å². The van der Waals surface area contributed by atoms with Crippen molar-refractivity contribution in [2.45, 2.75) is 31.8 Å². The zero-order valence-corrected chi connectivity index (χ0v) is 17.0. The zero-order chi connectivity index (χ0) is 21.3. The Kier molecular flexibility index (Phi) is 5.48. The van der Waals surface area contributed by atoms with Gasteiger partial charge in [-0.1, -0.05) is 13.0 Å². The average Bonchev–Trinajstić information content (AvgIpc) is 2.64. The summed E-state index contributed by atoms with van der Waals surface area (Å²) >= 11 is 0. The number of sulfone groups is 1. The third-order valence-corrected chi connectivity index (χ3v) is 5.74. The summed E-state index contributed by atoms with van der Waals surface area (Å²) in [5, 5.41) is 10.5. The van der Waals surface area contributed by atoms with Gasteiger partial charge in [0.05, 0.1) is 10.5 Å². The summed E-state index contributed by atoms with van der Waals surface area (Å²) in [7, 11) is -3.47. The minimum atomic E-state index is -3.47. The molecule has 0 bridgehead atoms. The Labute approximate surface area is 167 Å². The molecule has 0 saturated carbocycles. The van der Waals surface area contributed by atoms with Crippen LogP contribution in [0, 0.1) is 6.92 Å². The Morgan fingerprint density at radius 1 is 1.14 bits per heavy atom. The zero-order valence-electron chi connectivity index (χ0n) is 16.2. The highest BCUT2D eigenvalue weighted by Gasteiger charge is 2.17. The molecule has 0 aliphatic heterocycles. The molecule has 0 fully saturated rings. The number of aryl methyl sites for hydroxylation is 2. The predicted octanol–water partition coefficient (Wildman–Crippen LogP) is 3.13. The van der Waals surface area contributed by atoms with Gasteiger partial charge in [0, 0.05) is 29.3 Å². The van der Waals surface area contributed by atoms with Gasteiger partial charge in [0.2, 0.25) is 0 Å². The van der Waals surface area contributed by atoms with Crippen LogP contribution in [0.4, 0.5) is 0 Å². The lowest BCUT2D eigenvalue weighted by atomic mass is 10.0. The lowest BCUT2D eigenvalue weighted by molar-refractivity contribution is 0.0472. The first-order chi connectivity index (χ1) is 13.6. The van der Waals surface area contributed by atoms with E-state index in [4.69, 9.17) is 9.15 Å². The number of carbonyl (C=O) groups is 1. The molecular formula is C21H20O7S. The first kappa shape index (κ1) is 20.6. The lowest BCUT2D eigenvalue weighted by Gasteiger charge is -2.11. The third-order valence-electron chi connectivity index (χ3n) is 4.63. The van der Waals surface area contributed by atoms with E-state index >= 15 is 0 Å². The smallest absolute Gasteiger partial charge is 0.338 e. The van der Waals surface area contributed by atoms with Gasteiger partial charge < -0.3 is 14.3 Å². The standard InChI is InChI=1S/C21H20O7S/c1-4-13-7-17-14(8-20(23)28-19(17)10-18(13)22)11-27-21(24)16-9-15(29(3,25)26)6-5-12(16)2/h5-10,22H,4,11H2,1-3H3. The molecular weight excluding hydrogens is 396 g/mol. The topological polar surface area (TPSA) is 111 Å². The highest BCUT2D eigenvalue weighted by atomic mass is 32.2. The minimum absolute atomic E-state index is 0.0175. The Bertz CT molecular complexity index is 1270. The third kappa shape index (κ3) is 4.32. The maximum Gasteiger partial charge on any atom is 0.338 e. The van der Waals surface area contributed by atoms with E-state index in [0.29, 0.717) is 28.5 Å². The predicted molar refractivity (Wildman–Crippen MR) is 107 cm³/mol. The number of phenols is 1. The van der Waals surface area contributed by atoms with Crippen LogP contribution in [0.5, 0.6) is 5.75 Å². The van der Waals surface area contributed by atoms with Crippen LogP contribution in [0.15, 0.2) is 50.5 Å². The number of phenolic OH excluding ortho intramolecular Hbond substituents is 1. The average molecular weight is 416 g/mol. The Hall–Kier alpha value is -3.13. The summed E-state index contributed by atoms with van der Waals surface area (Å²) in [6, 6.07) is 8.52. The molecule has 0 spiro atoms. The maximum absolute atomic E-state index is 12.6. The second kappa shape index (κ2) is 7.71. The fourth-order valence-corrected chi connectivity index (χ4v) is 3.63. The van der Waals surface area contributed by atoms with Gasteiger partial charge in [-0.2, -0.15) is 0 Å². The Morgan fingerprint density at radius 3 is 2.52 bits per heavy atom. The van der Waals surface area contributed by atoms with Gasteiger partial charge in [-0.3, -0.25) is 0 Å². The van der Waals surface area contributed by atoms with Crippen LogP contribution < -0.4 is 5.63 Å². The van der Waals surface area contributed by atoms with Crippen LogP contribution >= 0.6 is 0 Å². The van der Waals surface area contributed by atoms with Crippen molar-refractivity contribution >= 4 is 26.8 Å². The van der Waals surface area contributed by atoms with E-state index in [-0.39, 0.29) is 28.4 Å². The van der Waals surface area contributed by atoms with E-state index < -0.39 is 21.4 Å². The molecule has 1 N–H and O–H groups in total. The van der Waals surface area contributed by atoms with Crippen LogP contribution in [-0.4, -0.2) is 25.7 Å². The van der Waals surface area contributed by atoms with Crippen molar-refractivity contribution in [3.63, 3.8) is 0 Å². The fourth-order valence-electron chi connectivity index (χ4n) is 2.98. The van der Waals surface area contributed by atoms with Gasteiger partial charge in [-0.25, -0.2) is 18.0 Å². The largest absolute Gasteiger partial charge is 0.508 e. The number of ether oxygens (including phenoxy) is 1. The quantitative estimate of drug-likeness (QED) is 0.502. The van der Waals surface area contributed by atoms with E-state index in [9.17, 15) is 23.1 Å². The van der Waals surface area contributed by atoms with Gasteiger partial charge in [-0.05, 0) is 42.7 Å². The highest BCUT2D eigenvalue weighted by molar-refractivity contribution is 7.90. The van der Waals surface area contributed by atoms with Crippen LogP contribution in [-0.2, 0) is 27.6 Å². The van der Waals surface area contributed by atoms with Gasteiger partial charge in [0.15, 0.2) is 9.84 Å². The van der Waals surface area contributed by atoms with Gasteiger partial charge in [0.1, 0.15) is 17.9 Å². The maximum atomic E-state index is 12.6. The molecule has 3 aromatic rings. The van der Waals surface area contributed by atoms with E-state index in [2.05, 4.69) is 0 Å². The summed E-state index contributed by atoms with van der Waals surface area (Å²) in [6.07, 6.45) is 1.63. The number of carbonyl (C=O) groups excluding carboxylic acids is 1. The van der Waals surface area contributed by atoms with Gasteiger partial charge in [0.25, 0.3) is 0 Å². The molecule has 29 heavy (non-hydrogen) atoms. The molecule has 0 amide bonds. The molecule has 152 valence electrons. The molecule has 8 heteroatoms. The van der Waals surface area contributed by atoms with Crippen molar-refractivity contribution in [1.29, 1.82) is 0 Å². The molecule has 0 atom stereocenters. The SMILES string of the molecule is CCc1cc2c(COC(=O)c3cc(S(C)(=O)=O)ccc3C)cc(=O)oc2cc1O. The molecule has 1 aromatic heterocycles. The van der Waals surface area contributed by atoms with Crippen LogP contribution in [0.1, 0.15) is 34.0 Å². The van der Waals surface area contributed by atoms with E-state index in [0.717, 1.165) is 6.26 Å². The number of hydrogen-bond acceptors (Lipinski definition) is 7. The minimum Gasteiger partial charge on any atom is -0.508 e. The number of rotatable bonds is 5. The second-order valence-corrected chi connectivity index (χ2v) is 8.76. The van der Waals surface area contributed by atoms with Crippen LogP contribution in [0.25, 0.3) is 11.0 Å².